The largest absolute Gasteiger partial charge is 0.389 e. The SMILES string of the molecule is Cc1cccc(N2C[C@@H](O)[C@H](NC(=O)c3ccccn3)C2)n1. The summed E-state index contributed by atoms with van der Waals surface area (Å²) in [5.74, 6) is 0.539. The summed E-state index contributed by atoms with van der Waals surface area (Å²) in [5, 5.41) is 13.0. The molecule has 6 nitrogen and oxygen atoms in total. The van der Waals surface area contributed by atoms with Crippen LogP contribution in [-0.4, -0.2) is 46.2 Å². The Morgan fingerprint density at radius 1 is 1.27 bits per heavy atom. The second kappa shape index (κ2) is 6.11. The van der Waals surface area contributed by atoms with Gasteiger partial charge in [-0.15, -0.1) is 0 Å². The Bertz CT molecular complexity index is 662. The Labute approximate surface area is 128 Å². The van der Waals surface area contributed by atoms with Crippen LogP contribution in [0.4, 0.5) is 5.82 Å². The summed E-state index contributed by atoms with van der Waals surface area (Å²) < 4.78 is 0. The van der Waals surface area contributed by atoms with Crippen LogP contribution in [-0.2, 0) is 0 Å². The minimum Gasteiger partial charge on any atom is -0.389 e. The highest BCUT2D eigenvalue weighted by Gasteiger charge is 2.33. The number of hydrogen-bond donors (Lipinski definition) is 2. The smallest absolute Gasteiger partial charge is 0.270 e. The van der Waals surface area contributed by atoms with Crippen LogP contribution in [0.1, 0.15) is 16.2 Å². The van der Waals surface area contributed by atoms with Crippen LogP contribution < -0.4 is 10.2 Å². The minimum absolute atomic E-state index is 0.274. The van der Waals surface area contributed by atoms with Gasteiger partial charge in [-0.1, -0.05) is 12.1 Å². The van der Waals surface area contributed by atoms with Crippen molar-refractivity contribution < 1.29 is 9.90 Å². The number of aryl methyl sites for hydroxylation is 1. The molecule has 114 valence electrons. The molecule has 0 unspecified atom stereocenters. The molecule has 2 N–H and O–H groups in total. The van der Waals surface area contributed by atoms with Crippen LogP contribution in [0.2, 0.25) is 0 Å². The molecule has 2 atom stereocenters. The first-order valence-corrected chi connectivity index (χ1v) is 7.22. The molecule has 2 aromatic heterocycles. The van der Waals surface area contributed by atoms with Crippen LogP contribution in [0.5, 0.6) is 0 Å². The van der Waals surface area contributed by atoms with Crippen LogP contribution in [0, 0.1) is 6.92 Å². The number of aliphatic hydroxyl groups is 1. The molecule has 2 aromatic rings. The lowest BCUT2D eigenvalue weighted by molar-refractivity contribution is 0.0884. The van der Waals surface area contributed by atoms with Crippen LogP contribution >= 0.6 is 0 Å². The maximum atomic E-state index is 12.1. The number of carbonyl (C=O) groups excluding carboxylic acids is 1. The predicted molar refractivity (Wildman–Crippen MR) is 82.7 cm³/mol. The summed E-state index contributed by atoms with van der Waals surface area (Å²) in [6, 6.07) is 10.6. The van der Waals surface area contributed by atoms with Gasteiger partial charge in [0.25, 0.3) is 5.91 Å². The summed E-state index contributed by atoms with van der Waals surface area (Å²) in [6.07, 6.45) is 0.943. The molecule has 0 bridgehead atoms. The van der Waals surface area contributed by atoms with Gasteiger partial charge in [0.2, 0.25) is 0 Å². The summed E-state index contributed by atoms with van der Waals surface area (Å²) in [4.78, 5) is 22.6. The zero-order chi connectivity index (χ0) is 15.5. The van der Waals surface area contributed by atoms with E-state index in [1.54, 1.807) is 24.4 Å². The van der Waals surface area contributed by atoms with E-state index in [9.17, 15) is 9.90 Å². The van der Waals surface area contributed by atoms with Crippen molar-refractivity contribution in [2.75, 3.05) is 18.0 Å². The van der Waals surface area contributed by atoms with Gasteiger partial charge in [-0.05, 0) is 31.2 Å². The zero-order valence-electron chi connectivity index (χ0n) is 12.3. The Morgan fingerprint density at radius 3 is 2.86 bits per heavy atom. The number of pyridine rings is 2. The van der Waals surface area contributed by atoms with Gasteiger partial charge in [0, 0.05) is 25.0 Å². The van der Waals surface area contributed by atoms with Crippen molar-refractivity contribution in [2.45, 2.75) is 19.1 Å². The third-order valence-corrected chi connectivity index (χ3v) is 3.70. The molecule has 0 aromatic carbocycles. The Hall–Kier alpha value is -2.47. The van der Waals surface area contributed by atoms with Gasteiger partial charge in [0.15, 0.2) is 0 Å². The van der Waals surface area contributed by atoms with Crippen molar-refractivity contribution in [3.63, 3.8) is 0 Å². The van der Waals surface area contributed by atoms with E-state index < -0.39 is 6.10 Å². The first kappa shape index (κ1) is 14.5. The van der Waals surface area contributed by atoms with Gasteiger partial charge >= 0.3 is 0 Å². The van der Waals surface area contributed by atoms with Crippen molar-refractivity contribution in [3.05, 3.63) is 54.0 Å². The molecule has 22 heavy (non-hydrogen) atoms. The van der Waals surface area contributed by atoms with Crippen molar-refractivity contribution in [1.82, 2.24) is 15.3 Å². The van der Waals surface area contributed by atoms with E-state index in [1.165, 1.54) is 0 Å². The summed E-state index contributed by atoms with van der Waals surface area (Å²) in [6.45, 7) is 2.90. The van der Waals surface area contributed by atoms with Gasteiger partial charge in [-0.2, -0.15) is 0 Å². The Kier molecular flexibility index (Phi) is 4.02. The molecule has 6 heteroatoms. The molecule has 0 saturated carbocycles. The zero-order valence-corrected chi connectivity index (χ0v) is 12.3. The number of anilines is 1. The molecule has 0 aliphatic carbocycles. The lowest BCUT2D eigenvalue weighted by atomic mass is 10.2. The number of β-amino-alcohol motifs (C(OH)–C–C–N with tert-alkyl or cyclic N) is 1. The number of carbonyl (C=O) groups is 1. The monoisotopic (exact) mass is 298 g/mol. The van der Waals surface area contributed by atoms with E-state index in [4.69, 9.17) is 0 Å². The van der Waals surface area contributed by atoms with E-state index >= 15 is 0 Å². The second-order valence-electron chi connectivity index (χ2n) is 5.40. The molecule has 1 fully saturated rings. The first-order chi connectivity index (χ1) is 10.6. The highest BCUT2D eigenvalue weighted by atomic mass is 16.3. The Balaban J connectivity index is 1.67. The molecule has 0 spiro atoms. The van der Waals surface area contributed by atoms with Gasteiger partial charge in [0.05, 0.1) is 12.1 Å². The summed E-state index contributed by atoms with van der Waals surface area (Å²) in [7, 11) is 0. The van der Waals surface area contributed by atoms with Crippen molar-refractivity contribution in [1.29, 1.82) is 0 Å². The number of hydrogen-bond acceptors (Lipinski definition) is 5. The maximum Gasteiger partial charge on any atom is 0.270 e. The number of aliphatic hydroxyl groups excluding tert-OH is 1. The van der Waals surface area contributed by atoms with Crippen molar-refractivity contribution in [2.24, 2.45) is 0 Å². The number of amides is 1. The summed E-state index contributed by atoms with van der Waals surface area (Å²) in [5.41, 5.74) is 1.27. The molecular formula is C16H18N4O2. The standard InChI is InChI=1S/C16H18N4O2/c1-11-5-4-7-15(18-11)20-9-13(14(21)10-20)19-16(22)12-6-2-3-8-17-12/h2-8,13-14,21H,9-10H2,1H3,(H,19,22)/t13-,14-/m1/s1. The highest BCUT2D eigenvalue weighted by molar-refractivity contribution is 5.92. The first-order valence-electron chi connectivity index (χ1n) is 7.22. The van der Waals surface area contributed by atoms with Gasteiger partial charge in [0.1, 0.15) is 11.5 Å². The summed E-state index contributed by atoms with van der Waals surface area (Å²) >= 11 is 0. The number of rotatable bonds is 3. The average molecular weight is 298 g/mol. The van der Waals surface area contributed by atoms with Crippen LogP contribution in [0.3, 0.4) is 0 Å². The highest BCUT2D eigenvalue weighted by Crippen LogP contribution is 2.19. The van der Waals surface area contributed by atoms with Gasteiger partial charge in [-0.25, -0.2) is 4.98 Å². The van der Waals surface area contributed by atoms with E-state index in [2.05, 4.69) is 15.3 Å². The minimum atomic E-state index is -0.630. The van der Waals surface area contributed by atoms with Gasteiger partial charge < -0.3 is 15.3 Å². The second-order valence-corrected chi connectivity index (χ2v) is 5.40. The van der Waals surface area contributed by atoms with Crippen molar-refractivity contribution >= 4 is 11.7 Å². The molecule has 3 heterocycles. The molecule has 1 saturated heterocycles. The van der Waals surface area contributed by atoms with Crippen LogP contribution in [0.25, 0.3) is 0 Å². The Morgan fingerprint density at radius 2 is 2.14 bits per heavy atom. The third-order valence-electron chi connectivity index (χ3n) is 3.70. The van der Waals surface area contributed by atoms with E-state index in [0.29, 0.717) is 18.8 Å². The number of aromatic nitrogens is 2. The van der Waals surface area contributed by atoms with Gasteiger partial charge in [-0.3, -0.25) is 9.78 Å². The molecule has 1 aliphatic heterocycles. The van der Waals surface area contributed by atoms with E-state index in [0.717, 1.165) is 11.5 Å². The topological polar surface area (TPSA) is 78.4 Å². The van der Waals surface area contributed by atoms with E-state index in [-0.39, 0.29) is 11.9 Å². The lowest BCUT2D eigenvalue weighted by Gasteiger charge is -2.17. The molecule has 1 aliphatic rings. The lowest BCUT2D eigenvalue weighted by Crippen LogP contribution is -2.43. The predicted octanol–water partition coefficient (Wildman–Crippen LogP) is 0.765. The fourth-order valence-corrected chi connectivity index (χ4v) is 2.56. The molecule has 3 rings (SSSR count). The third kappa shape index (κ3) is 3.07. The molecule has 1 amide bonds. The molecular weight excluding hydrogens is 280 g/mol. The quantitative estimate of drug-likeness (QED) is 0.875. The molecule has 0 radical (unpaired) electrons. The normalized spacial score (nSPS) is 20.9. The number of nitrogens with one attached hydrogen (secondary N) is 1. The number of nitrogens with zero attached hydrogens (tertiary/aromatic N) is 3. The fraction of sp³-hybridized carbons (Fsp3) is 0.312. The fourth-order valence-electron chi connectivity index (χ4n) is 2.56. The van der Waals surface area contributed by atoms with Crippen molar-refractivity contribution in [3.8, 4) is 0 Å². The maximum absolute atomic E-state index is 12.1. The van der Waals surface area contributed by atoms with E-state index in [1.807, 2.05) is 30.0 Å². The van der Waals surface area contributed by atoms with Crippen LogP contribution in [0.15, 0.2) is 42.6 Å². The average Bonchev–Trinajstić information content (AvgIpc) is 2.89.